The lowest BCUT2D eigenvalue weighted by atomic mass is 10.5. The SMILES string of the molecule is CCOC(=O)c1nnc(Sc2ncccc2F)o1. The summed E-state index contributed by atoms with van der Waals surface area (Å²) in [7, 11) is 0. The lowest BCUT2D eigenvalue weighted by Gasteiger charge is -1.96. The minimum absolute atomic E-state index is 0.0238. The van der Waals surface area contributed by atoms with Crippen LogP contribution in [0, 0.1) is 5.82 Å². The molecule has 0 aliphatic heterocycles. The first-order chi connectivity index (χ1) is 8.70. The van der Waals surface area contributed by atoms with Gasteiger partial charge in [-0.1, -0.05) is 5.10 Å². The number of esters is 1. The highest BCUT2D eigenvalue weighted by Crippen LogP contribution is 2.26. The molecule has 0 aromatic carbocycles. The van der Waals surface area contributed by atoms with Gasteiger partial charge >= 0.3 is 11.9 Å². The Bertz CT molecular complexity index is 561. The van der Waals surface area contributed by atoms with Gasteiger partial charge in [0.25, 0.3) is 5.22 Å². The predicted octanol–water partition coefficient (Wildman–Crippen LogP) is 1.93. The number of pyridine rings is 1. The molecule has 0 unspecified atom stereocenters. The number of hydrogen-bond acceptors (Lipinski definition) is 7. The van der Waals surface area contributed by atoms with Crippen LogP contribution >= 0.6 is 11.8 Å². The van der Waals surface area contributed by atoms with Crippen molar-refractivity contribution in [3.8, 4) is 0 Å². The molecule has 2 aromatic rings. The molecule has 2 rings (SSSR count). The van der Waals surface area contributed by atoms with Gasteiger partial charge in [-0.05, 0) is 30.8 Å². The highest BCUT2D eigenvalue weighted by atomic mass is 32.2. The van der Waals surface area contributed by atoms with Crippen molar-refractivity contribution < 1.29 is 18.3 Å². The summed E-state index contributed by atoms with van der Waals surface area (Å²) in [5, 5.41) is 7.21. The van der Waals surface area contributed by atoms with E-state index in [1.807, 2.05) is 0 Å². The molecule has 0 N–H and O–H groups in total. The fourth-order valence-electron chi connectivity index (χ4n) is 1.06. The zero-order chi connectivity index (χ0) is 13.0. The molecular formula is C10H8FN3O3S. The largest absolute Gasteiger partial charge is 0.459 e. The Kier molecular flexibility index (Phi) is 3.88. The van der Waals surface area contributed by atoms with Crippen LogP contribution < -0.4 is 0 Å². The fraction of sp³-hybridized carbons (Fsp3) is 0.200. The fourth-order valence-corrected chi connectivity index (χ4v) is 1.70. The van der Waals surface area contributed by atoms with Crippen LogP contribution in [0.3, 0.4) is 0 Å². The van der Waals surface area contributed by atoms with E-state index in [1.165, 1.54) is 18.3 Å². The molecule has 18 heavy (non-hydrogen) atoms. The molecule has 0 atom stereocenters. The summed E-state index contributed by atoms with van der Waals surface area (Å²) in [5.41, 5.74) is 0. The van der Waals surface area contributed by atoms with Gasteiger partial charge in [-0.25, -0.2) is 14.2 Å². The zero-order valence-electron chi connectivity index (χ0n) is 9.29. The van der Waals surface area contributed by atoms with Crippen LogP contribution in [0.4, 0.5) is 4.39 Å². The van der Waals surface area contributed by atoms with Crippen molar-refractivity contribution in [1.82, 2.24) is 15.2 Å². The number of ether oxygens (including phenoxy) is 1. The normalized spacial score (nSPS) is 10.3. The summed E-state index contributed by atoms with van der Waals surface area (Å²) in [5.74, 6) is -1.48. The van der Waals surface area contributed by atoms with Crippen LogP contribution in [-0.2, 0) is 4.74 Å². The van der Waals surface area contributed by atoms with E-state index in [4.69, 9.17) is 4.42 Å². The monoisotopic (exact) mass is 269 g/mol. The second kappa shape index (κ2) is 5.58. The number of aromatic nitrogens is 3. The Labute approximate surface area is 106 Å². The van der Waals surface area contributed by atoms with Gasteiger partial charge in [-0.15, -0.1) is 5.10 Å². The third kappa shape index (κ3) is 2.83. The number of nitrogens with zero attached hydrogens (tertiary/aromatic N) is 3. The maximum atomic E-state index is 13.3. The van der Waals surface area contributed by atoms with Crippen LogP contribution in [0.25, 0.3) is 0 Å². The average molecular weight is 269 g/mol. The molecule has 0 radical (unpaired) electrons. The minimum Gasteiger partial charge on any atom is -0.459 e. The number of hydrogen-bond donors (Lipinski definition) is 0. The molecule has 0 saturated heterocycles. The molecule has 2 heterocycles. The topological polar surface area (TPSA) is 78.1 Å². The van der Waals surface area contributed by atoms with Gasteiger partial charge in [-0.2, -0.15) is 0 Å². The van der Waals surface area contributed by atoms with Crippen LogP contribution in [-0.4, -0.2) is 27.8 Å². The van der Waals surface area contributed by atoms with Crippen molar-refractivity contribution in [3.05, 3.63) is 30.0 Å². The summed E-state index contributed by atoms with van der Waals surface area (Å²) in [4.78, 5) is 15.1. The number of carbonyl (C=O) groups excluding carboxylic acids is 1. The molecule has 0 fully saturated rings. The van der Waals surface area contributed by atoms with Crippen LogP contribution in [0.1, 0.15) is 17.6 Å². The van der Waals surface area contributed by atoms with Crippen molar-refractivity contribution >= 4 is 17.7 Å². The van der Waals surface area contributed by atoms with Gasteiger partial charge in [0, 0.05) is 6.20 Å². The van der Waals surface area contributed by atoms with Gasteiger partial charge in [0.05, 0.1) is 6.61 Å². The number of halogens is 1. The summed E-state index contributed by atoms with van der Waals surface area (Å²) in [6.07, 6.45) is 1.44. The predicted molar refractivity (Wildman–Crippen MR) is 58.6 cm³/mol. The van der Waals surface area contributed by atoms with E-state index >= 15 is 0 Å². The highest BCUT2D eigenvalue weighted by Gasteiger charge is 2.17. The van der Waals surface area contributed by atoms with Gasteiger partial charge in [0.15, 0.2) is 5.82 Å². The minimum atomic E-state index is -0.710. The van der Waals surface area contributed by atoms with E-state index in [9.17, 15) is 9.18 Å². The van der Waals surface area contributed by atoms with Crippen molar-refractivity contribution in [2.45, 2.75) is 17.2 Å². The highest BCUT2D eigenvalue weighted by molar-refractivity contribution is 7.99. The number of carbonyl (C=O) groups is 1. The van der Waals surface area contributed by atoms with E-state index in [2.05, 4.69) is 19.9 Å². The van der Waals surface area contributed by atoms with Crippen LogP contribution in [0.5, 0.6) is 0 Å². The Morgan fingerprint density at radius 1 is 1.56 bits per heavy atom. The molecular weight excluding hydrogens is 261 g/mol. The third-order valence-electron chi connectivity index (χ3n) is 1.77. The first-order valence-corrected chi connectivity index (χ1v) is 5.81. The van der Waals surface area contributed by atoms with Gasteiger partial charge in [-0.3, -0.25) is 0 Å². The lowest BCUT2D eigenvalue weighted by Crippen LogP contribution is -2.04. The van der Waals surface area contributed by atoms with Crippen LogP contribution in [0.15, 0.2) is 33.0 Å². The Morgan fingerprint density at radius 2 is 2.39 bits per heavy atom. The third-order valence-corrected chi connectivity index (χ3v) is 2.60. The summed E-state index contributed by atoms with van der Waals surface area (Å²) >= 11 is 0.836. The van der Waals surface area contributed by atoms with Crippen molar-refractivity contribution in [3.63, 3.8) is 0 Å². The molecule has 94 valence electrons. The standard InChI is InChI=1S/C10H8FN3O3S/c1-2-16-9(15)7-13-14-10(17-7)18-8-6(11)4-3-5-12-8/h3-5H,2H2,1H3. The van der Waals surface area contributed by atoms with E-state index in [0.29, 0.717) is 0 Å². The van der Waals surface area contributed by atoms with E-state index in [0.717, 1.165) is 11.8 Å². The van der Waals surface area contributed by atoms with Gasteiger partial charge < -0.3 is 9.15 Å². The maximum absolute atomic E-state index is 13.3. The van der Waals surface area contributed by atoms with Gasteiger partial charge in [0.2, 0.25) is 0 Å². The Morgan fingerprint density at radius 3 is 3.11 bits per heavy atom. The van der Waals surface area contributed by atoms with Crippen LogP contribution in [0.2, 0.25) is 0 Å². The van der Waals surface area contributed by atoms with E-state index < -0.39 is 11.8 Å². The molecule has 0 aliphatic rings. The van der Waals surface area contributed by atoms with Crippen molar-refractivity contribution in [2.75, 3.05) is 6.61 Å². The summed E-state index contributed by atoms with van der Waals surface area (Å²) in [6, 6.07) is 2.73. The maximum Gasteiger partial charge on any atom is 0.396 e. The van der Waals surface area contributed by atoms with Crippen molar-refractivity contribution in [1.29, 1.82) is 0 Å². The second-order valence-electron chi connectivity index (χ2n) is 2.99. The molecule has 8 heteroatoms. The second-order valence-corrected chi connectivity index (χ2v) is 3.93. The first-order valence-electron chi connectivity index (χ1n) is 4.99. The number of rotatable bonds is 4. The van der Waals surface area contributed by atoms with E-state index in [1.54, 1.807) is 6.92 Å². The molecule has 6 nitrogen and oxygen atoms in total. The smallest absolute Gasteiger partial charge is 0.396 e. The molecule has 2 aromatic heterocycles. The summed E-state index contributed by atoms with van der Waals surface area (Å²) in [6.45, 7) is 1.87. The Balaban J connectivity index is 2.12. The van der Waals surface area contributed by atoms with Crippen molar-refractivity contribution in [2.24, 2.45) is 0 Å². The average Bonchev–Trinajstić information content (AvgIpc) is 2.81. The molecule has 0 amide bonds. The lowest BCUT2D eigenvalue weighted by molar-refractivity contribution is 0.0475. The molecule has 0 spiro atoms. The van der Waals surface area contributed by atoms with E-state index in [-0.39, 0.29) is 22.7 Å². The molecule has 0 bridgehead atoms. The zero-order valence-corrected chi connectivity index (χ0v) is 10.1. The quantitative estimate of drug-likeness (QED) is 0.784. The molecule has 0 aliphatic carbocycles. The summed E-state index contributed by atoms with van der Waals surface area (Å²) < 4.78 is 23.0. The first kappa shape index (κ1) is 12.5. The van der Waals surface area contributed by atoms with Gasteiger partial charge in [0.1, 0.15) is 5.03 Å². The Hall–Kier alpha value is -1.96. The molecule has 0 saturated carbocycles.